The molecule has 130 valence electrons. The molecule has 0 radical (unpaired) electrons. The smallest absolute Gasteiger partial charge is 0.271 e. The lowest BCUT2D eigenvalue weighted by atomic mass is 9.94. The molecule has 1 aromatic rings. The van der Waals surface area contributed by atoms with E-state index >= 15 is 0 Å². The molecule has 2 rings (SSSR count). The first-order valence-corrected chi connectivity index (χ1v) is 8.45. The fourth-order valence-corrected chi connectivity index (χ4v) is 2.58. The van der Waals surface area contributed by atoms with Crippen LogP contribution >= 0.6 is 0 Å². The highest BCUT2D eigenvalue weighted by molar-refractivity contribution is 6.19. The van der Waals surface area contributed by atoms with Crippen LogP contribution in [-0.2, 0) is 9.59 Å². The number of imide groups is 1. The number of carbonyl (C=O) groups excluding carboxylic acids is 2. The predicted octanol–water partition coefficient (Wildman–Crippen LogP) is 3.48. The molecule has 0 aromatic heterocycles. The predicted molar refractivity (Wildman–Crippen MR) is 95.5 cm³/mol. The zero-order valence-electron chi connectivity index (χ0n) is 14.8. The van der Waals surface area contributed by atoms with Crippen LogP contribution in [0.4, 0.5) is 0 Å². The molecule has 1 aliphatic rings. The molecule has 0 unspecified atom stereocenters. The van der Waals surface area contributed by atoms with E-state index in [9.17, 15) is 14.9 Å². The van der Waals surface area contributed by atoms with Crippen LogP contribution in [0.15, 0.2) is 41.0 Å². The fraction of sp³-hybridized carbons (Fsp3) is 0.350. The number of ether oxygens (including phenoxy) is 1. The number of hydrogen-bond donors (Lipinski definition) is 0. The Morgan fingerprint density at radius 2 is 1.84 bits per heavy atom. The van der Waals surface area contributed by atoms with Gasteiger partial charge in [0.2, 0.25) is 0 Å². The van der Waals surface area contributed by atoms with Gasteiger partial charge in [-0.25, -0.2) is 0 Å². The van der Waals surface area contributed by atoms with Crippen LogP contribution < -0.4 is 4.74 Å². The van der Waals surface area contributed by atoms with Gasteiger partial charge in [-0.2, -0.15) is 5.26 Å². The van der Waals surface area contributed by atoms with E-state index in [1.807, 2.05) is 30.3 Å². The third-order valence-electron chi connectivity index (χ3n) is 4.10. The Morgan fingerprint density at radius 3 is 2.40 bits per heavy atom. The molecule has 0 saturated heterocycles. The molecule has 25 heavy (non-hydrogen) atoms. The number of likely N-dealkylation sites (N-methyl/N-ethyl adjacent to an activating group) is 1. The number of amides is 2. The van der Waals surface area contributed by atoms with Crippen molar-refractivity contribution in [1.29, 1.82) is 5.26 Å². The summed E-state index contributed by atoms with van der Waals surface area (Å²) in [5, 5.41) is 9.24. The number of carbonyl (C=O) groups is 2. The van der Waals surface area contributed by atoms with Crippen molar-refractivity contribution >= 4 is 17.9 Å². The van der Waals surface area contributed by atoms with Crippen LogP contribution in [0.3, 0.4) is 0 Å². The summed E-state index contributed by atoms with van der Waals surface area (Å²) < 4.78 is 5.62. The minimum absolute atomic E-state index is 0.0206. The monoisotopic (exact) mass is 338 g/mol. The summed E-state index contributed by atoms with van der Waals surface area (Å²) in [5.74, 6) is -0.113. The highest BCUT2D eigenvalue weighted by Gasteiger charge is 2.34. The topological polar surface area (TPSA) is 70.4 Å². The Bertz CT molecular complexity index is 767. The van der Waals surface area contributed by atoms with Crippen LogP contribution in [0.25, 0.3) is 6.08 Å². The van der Waals surface area contributed by atoms with Crippen molar-refractivity contribution in [2.45, 2.75) is 33.6 Å². The van der Waals surface area contributed by atoms with E-state index in [2.05, 4.69) is 6.92 Å². The van der Waals surface area contributed by atoms with Crippen molar-refractivity contribution in [2.24, 2.45) is 0 Å². The Hall–Kier alpha value is -2.87. The molecular formula is C20H22N2O3. The summed E-state index contributed by atoms with van der Waals surface area (Å²) in [7, 11) is 0. The van der Waals surface area contributed by atoms with Gasteiger partial charge in [-0.15, -0.1) is 0 Å². The molecule has 0 aliphatic carbocycles. The molecule has 0 bridgehead atoms. The molecule has 2 amide bonds. The molecule has 0 spiro atoms. The number of benzene rings is 1. The number of nitriles is 1. The lowest BCUT2D eigenvalue weighted by molar-refractivity contribution is -0.140. The van der Waals surface area contributed by atoms with Gasteiger partial charge < -0.3 is 4.74 Å². The molecule has 5 nitrogen and oxygen atoms in total. The van der Waals surface area contributed by atoms with Crippen LogP contribution in [0.2, 0.25) is 0 Å². The van der Waals surface area contributed by atoms with Crippen LogP contribution in [-0.4, -0.2) is 29.9 Å². The van der Waals surface area contributed by atoms with Gasteiger partial charge in [0.1, 0.15) is 17.4 Å². The Kier molecular flexibility index (Phi) is 6.13. The quantitative estimate of drug-likeness (QED) is 0.452. The minimum atomic E-state index is -0.524. The normalized spacial score (nSPS) is 16.4. The van der Waals surface area contributed by atoms with E-state index in [1.165, 1.54) is 0 Å². The van der Waals surface area contributed by atoms with E-state index in [1.54, 1.807) is 19.9 Å². The third kappa shape index (κ3) is 3.97. The van der Waals surface area contributed by atoms with E-state index in [0.29, 0.717) is 17.8 Å². The summed E-state index contributed by atoms with van der Waals surface area (Å²) >= 11 is 0. The summed E-state index contributed by atoms with van der Waals surface area (Å²) in [4.78, 5) is 25.8. The Balaban J connectivity index is 2.32. The summed E-state index contributed by atoms with van der Waals surface area (Å²) in [6.45, 7) is 6.37. The molecule has 0 N–H and O–H groups in total. The lowest BCUT2D eigenvalue weighted by Gasteiger charge is -2.26. The second-order valence-corrected chi connectivity index (χ2v) is 5.80. The molecule has 1 aromatic carbocycles. The van der Waals surface area contributed by atoms with Gasteiger partial charge in [0, 0.05) is 12.1 Å². The largest absolute Gasteiger partial charge is 0.494 e. The van der Waals surface area contributed by atoms with Crippen LogP contribution in [0.5, 0.6) is 5.75 Å². The molecule has 0 saturated carbocycles. The average Bonchev–Trinajstić information content (AvgIpc) is 2.61. The number of rotatable bonds is 6. The first kappa shape index (κ1) is 18.5. The van der Waals surface area contributed by atoms with Crippen molar-refractivity contribution in [1.82, 2.24) is 4.90 Å². The van der Waals surface area contributed by atoms with Crippen molar-refractivity contribution < 1.29 is 14.3 Å². The lowest BCUT2D eigenvalue weighted by Crippen LogP contribution is -2.42. The molecule has 5 heteroatoms. The van der Waals surface area contributed by atoms with Crippen molar-refractivity contribution in [3.63, 3.8) is 0 Å². The highest BCUT2D eigenvalue weighted by atomic mass is 16.5. The molecule has 1 aliphatic heterocycles. The fourth-order valence-electron chi connectivity index (χ4n) is 2.58. The first-order valence-electron chi connectivity index (χ1n) is 8.45. The van der Waals surface area contributed by atoms with Gasteiger partial charge in [-0.1, -0.05) is 25.5 Å². The maximum Gasteiger partial charge on any atom is 0.271 e. The second-order valence-electron chi connectivity index (χ2n) is 5.80. The zero-order chi connectivity index (χ0) is 18.4. The second kappa shape index (κ2) is 8.29. The Morgan fingerprint density at radius 1 is 1.16 bits per heavy atom. The van der Waals surface area contributed by atoms with Crippen molar-refractivity contribution in [3.05, 3.63) is 46.5 Å². The standard InChI is InChI=1S/C20H22N2O3/c1-4-6-11-25-16-9-7-15(8-10-16)12-17-14(3)18(13-21)20(24)22(5-2)19(17)23/h7-10,12H,4-6,11H2,1-3H3/b17-12+. The molecule has 1 heterocycles. The summed E-state index contributed by atoms with van der Waals surface area (Å²) in [6.07, 6.45) is 3.79. The maximum absolute atomic E-state index is 12.6. The van der Waals surface area contributed by atoms with Gasteiger partial charge in [0.15, 0.2) is 0 Å². The maximum atomic E-state index is 12.6. The molecule has 0 fully saturated rings. The van der Waals surface area contributed by atoms with E-state index < -0.39 is 5.91 Å². The summed E-state index contributed by atoms with van der Waals surface area (Å²) in [6, 6.07) is 9.33. The summed E-state index contributed by atoms with van der Waals surface area (Å²) in [5.41, 5.74) is 1.63. The number of hydrogen-bond acceptors (Lipinski definition) is 4. The van der Waals surface area contributed by atoms with Crippen LogP contribution in [0.1, 0.15) is 39.2 Å². The zero-order valence-corrected chi connectivity index (χ0v) is 14.8. The third-order valence-corrected chi connectivity index (χ3v) is 4.10. The Labute approximate surface area is 148 Å². The van der Waals surface area contributed by atoms with Gasteiger partial charge in [0.25, 0.3) is 11.8 Å². The van der Waals surface area contributed by atoms with E-state index in [0.717, 1.165) is 29.1 Å². The molecule has 0 atom stereocenters. The number of unbranched alkanes of at least 4 members (excludes halogenated alkanes) is 1. The van der Waals surface area contributed by atoms with Crippen LogP contribution in [0, 0.1) is 11.3 Å². The molecular weight excluding hydrogens is 316 g/mol. The van der Waals surface area contributed by atoms with Gasteiger partial charge in [-0.05, 0) is 49.6 Å². The van der Waals surface area contributed by atoms with Gasteiger partial charge in [-0.3, -0.25) is 14.5 Å². The van der Waals surface area contributed by atoms with E-state index in [4.69, 9.17) is 4.74 Å². The van der Waals surface area contributed by atoms with Crippen molar-refractivity contribution in [3.8, 4) is 11.8 Å². The minimum Gasteiger partial charge on any atom is -0.494 e. The van der Waals surface area contributed by atoms with Gasteiger partial charge in [0.05, 0.1) is 6.61 Å². The average molecular weight is 338 g/mol. The highest BCUT2D eigenvalue weighted by Crippen LogP contribution is 2.27. The van der Waals surface area contributed by atoms with Gasteiger partial charge >= 0.3 is 0 Å². The van der Waals surface area contributed by atoms with Crippen molar-refractivity contribution in [2.75, 3.05) is 13.2 Å². The SMILES string of the molecule is CCCCOc1ccc(/C=C2/C(=O)N(CC)C(=O)C(C#N)=C2C)cc1. The first-order chi connectivity index (χ1) is 12.0. The van der Waals surface area contributed by atoms with E-state index in [-0.39, 0.29) is 18.0 Å². The number of nitrogens with zero attached hydrogens (tertiary/aromatic N) is 2.